The van der Waals surface area contributed by atoms with Gasteiger partial charge in [-0.15, -0.1) is 11.3 Å². The van der Waals surface area contributed by atoms with Crippen molar-refractivity contribution in [1.82, 2.24) is 4.98 Å². The van der Waals surface area contributed by atoms with Gasteiger partial charge in [0.1, 0.15) is 0 Å². The molecule has 2 rings (SSSR count). The number of hydrogen-bond donors (Lipinski definition) is 1. The number of alkyl halides is 3. The van der Waals surface area contributed by atoms with E-state index in [4.69, 9.17) is 5.73 Å². The Labute approximate surface area is 88.7 Å². The Hall–Kier alpha value is -0.820. The van der Waals surface area contributed by atoms with E-state index in [1.807, 2.05) is 0 Å². The molecule has 1 aromatic rings. The van der Waals surface area contributed by atoms with Crippen LogP contribution in [0.25, 0.3) is 0 Å². The first-order valence-corrected chi connectivity index (χ1v) is 5.38. The number of aromatic nitrogens is 1. The Morgan fingerprint density at radius 3 is 2.73 bits per heavy atom. The number of nitrogens with zero attached hydrogens (tertiary/aromatic N) is 2. The summed E-state index contributed by atoms with van der Waals surface area (Å²) in [5, 5.41) is 1.45. The van der Waals surface area contributed by atoms with Gasteiger partial charge in [-0.1, -0.05) is 0 Å². The summed E-state index contributed by atoms with van der Waals surface area (Å²) in [5.41, 5.74) is 4.85. The molecule has 1 atom stereocenters. The fourth-order valence-corrected chi connectivity index (χ4v) is 2.37. The third-order valence-corrected chi connectivity index (χ3v) is 3.18. The molecule has 1 unspecified atom stereocenters. The predicted octanol–water partition coefficient (Wildman–Crippen LogP) is 1.70. The van der Waals surface area contributed by atoms with E-state index in [0.29, 0.717) is 18.2 Å². The topological polar surface area (TPSA) is 42.1 Å². The van der Waals surface area contributed by atoms with Crippen LogP contribution in [-0.4, -0.2) is 24.1 Å². The Bertz CT molecular complexity index is 349. The highest BCUT2D eigenvalue weighted by molar-refractivity contribution is 7.13. The average Bonchev–Trinajstić information content (AvgIpc) is 2.69. The molecule has 1 fully saturated rings. The molecule has 0 aliphatic carbocycles. The predicted molar refractivity (Wildman–Crippen MR) is 51.9 cm³/mol. The maximum atomic E-state index is 12.3. The van der Waals surface area contributed by atoms with Crippen molar-refractivity contribution < 1.29 is 13.2 Å². The summed E-state index contributed by atoms with van der Waals surface area (Å²) in [6.45, 7) is 1.27. The molecule has 2 heterocycles. The van der Waals surface area contributed by atoms with Gasteiger partial charge in [0, 0.05) is 24.5 Å². The van der Waals surface area contributed by atoms with Crippen LogP contribution in [0.4, 0.5) is 18.3 Å². The van der Waals surface area contributed by atoms with Crippen LogP contribution in [0.3, 0.4) is 0 Å². The minimum absolute atomic E-state index is 0.0447. The van der Waals surface area contributed by atoms with Gasteiger partial charge in [0.15, 0.2) is 10.8 Å². The third-order valence-electron chi connectivity index (χ3n) is 2.28. The summed E-state index contributed by atoms with van der Waals surface area (Å²) in [6.07, 6.45) is -3.54. The first-order chi connectivity index (χ1) is 6.97. The number of rotatable bonds is 1. The molecule has 15 heavy (non-hydrogen) atoms. The SMILES string of the molecule is NC1CCN(c2nc(C(F)(F)F)cs2)C1. The molecule has 1 aliphatic rings. The number of anilines is 1. The van der Waals surface area contributed by atoms with E-state index in [1.165, 1.54) is 0 Å². The zero-order valence-corrected chi connectivity index (χ0v) is 8.61. The smallest absolute Gasteiger partial charge is 0.346 e. The average molecular weight is 237 g/mol. The van der Waals surface area contributed by atoms with E-state index in [-0.39, 0.29) is 6.04 Å². The molecule has 0 radical (unpaired) electrons. The lowest BCUT2D eigenvalue weighted by Gasteiger charge is -2.13. The lowest BCUT2D eigenvalue weighted by Crippen LogP contribution is -2.26. The van der Waals surface area contributed by atoms with Crippen LogP contribution in [-0.2, 0) is 6.18 Å². The van der Waals surface area contributed by atoms with Crippen molar-refractivity contribution in [2.45, 2.75) is 18.6 Å². The van der Waals surface area contributed by atoms with Crippen LogP contribution in [0.2, 0.25) is 0 Å². The number of nitrogens with two attached hydrogens (primary N) is 1. The van der Waals surface area contributed by atoms with Crippen molar-refractivity contribution >= 4 is 16.5 Å². The number of thiazole rings is 1. The molecular formula is C8H10F3N3S. The van der Waals surface area contributed by atoms with Gasteiger partial charge in [-0.2, -0.15) is 13.2 Å². The molecule has 1 saturated heterocycles. The van der Waals surface area contributed by atoms with Crippen LogP contribution >= 0.6 is 11.3 Å². The van der Waals surface area contributed by atoms with E-state index in [1.54, 1.807) is 4.90 Å². The fourth-order valence-electron chi connectivity index (χ4n) is 1.50. The lowest BCUT2D eigenvalue weighted by atomic mass is 10.3. The first-order valence-electron chi connectivity index (χ1n) is 4.50. The van der Waals surface area contributed by atoms with Crippen molar-refractivity contribution in [3.05, 3.63) is 11.1 Å². The summed E-state index contributed by atoms with van der Waals surface area (Å²) in [4.78, 5) is 5.36. The summed E-state index contributed by atoms with van der Waals surface area (Å²) in [5.74, 6) is 0. The van der Waals surface area contributed by atoms with Crippen LogP contribution in [0.15, 0.2) is 5.38 Å². The molecule has 0 amide bonds. The second kappa shape index (κ2) is 3.64. The zero-order chi connectivity index (χ0) is 11.1. The molecule has 0 saturated carbocycles. The minimum Gasteiger partial charge on any atom is -0.346 e. The van der Waals surface area contributed by atoms with Gasteiger partial charge in [0.25, 0.3) is 0 Å². The second-order valence-corrected chi connectivity index (χ2v) is 4.34. The van der Waals surface area contributed by atoms with E-state index < -0.39 is 11.9 Å². The van der Waals surface area contributed by atoms with E-state index in [9.17, 15) is 13.2 Å². The van der Waals surface area contributed by atoms with E-state index in [0.717, 1.165) is 23.1 Å². The molecular weight excluding hydrogens is 227 g/mol. The molecule has 1 aromatic heterocycles. The Balaban J connectivity index is 2.14. The van der Waals surface area contributed by atoms with Gasteiger partial charge in [-0.25, -0.2) is 4.98 Å². The molecule has 3 nitrogen and oxygen atoms in total. The summed E-state index contributed by atoms with van der Waals surface area (Å²) < 4.78 is 36.8. The van der Waals surface area contributed by atoms with E-state index >= 15 is 0 Å². The van der Waals surface area contributed by atoms with Gasteiger partial charge >= 0.3 is 6.18 Å². The van der Waals surface area contributed by atoms with E-state index in [2.05, 4.69) is 4.98 Å². The van der Waals surface area contributed by atoms with Crippen molar-refractivity contribution in [2.75, 3.05) is 18.0 Å². The lowest BCUT2D eigenvalue weighted by molar-refractivity contribution is -0.140. The van der Waals surface area contributed by atoms with Crippen molar-refractivity contribution in [3.63, 3.8) is 0 Å². The molecule has 0 spiro atoms. The Kier molecular flexibility index (Phi) is 2.59. The zero-order valence-electron chi connectivity index (χ0n) is 7.79. The first kappa shape index (κ1) is 10.7. The minimum atomic E-state index is -4.35. The van der Waals surface area contributed by atoms with Crippen molar-refractivity contribution in [2.24, 2.45) is 5.73 Å². The normalized spacial score (nSPS) is 22.4. The highest BCUT2D eigenvalue weighted by Crippen LogP contribution is 2.33. The van der Waals surface area contributed by atoms with Crippen LogP contribution in [0.5, 0.6) is 0 Å². The second-order valence-electron chi connectivity index (χ2n) is 3.51. The summed E-state index contributed by atoms with van der Waals surface area (Å²) >= 11 is 1.01. The van der Waals surface area contributed by atoms with Gasteiger partial charge < -0.3 is 10.6 Å². The Morgan fingerprint density at radius 2 is 2.27 bits per heavy atom. The van der Waals surface area contributed by atoms with Crippen molar-refractivity contribution in [1.29, 1.82) is 0 Å². The van der Waals surface area contributed by atoms with Gasteiger partial charge in [0.05, 0.1) is 0 Å². The monoisotopic (exact) mass is 237 g/mol. The number of halogens is 3. The van der Waals surface area contributed by atoms with Crippen LogP contribution < -0.4 is 10.6 Å². The van der Waals surface area contributed by atoms with Gasteiger partial charge in [0.2, 0.25) is 0 Å². The molecule has 84 valence electrons. The summed E-state index contributed by atoms with van der Waals surface area (Å²) in [6, 6.07) is 0.0447. The molecule has 2 N–H and O–H groups in total. The number of hydrogen-bond acceptors (Lipinski definition) is 4. The highest BCUT2D eigenvalue weighted by Gasteiger charge is 2.34. The Morgan fingerprint density at radius 1 is 1.53 bits per heavy atom. The summed E-state index contributed by atoms with van der Waals surface area (Å²) in [7, 11) is 0. The van der Waals surface area contributed by atoms with Crippen molar-refractivity contribution in [3.8, 4) is 0 Å². The van der Waals surface area contributed by atoms with Gasteiger partial charge in [-0.05, 0) is 6.42 Å². The van der Waals surface area contributed by atoms with Crippen LogP contribution in [0, 0.1) is 0 Å². The molecule has 1 aliphatic heterocycles. The molecule has 7 heteroatoms. The maximum absolute atomic E-state index is 12.3. The molecule has 0 bridgehead atoms. The molecule has 0 aromatic carbocycles. The fraction of sp³-hybridized carbons (Fsp3) is 0.625. The quantitative estimate of drug-likeness (QED) is 0.808. The van der Waals surface area contributed by atoms with Gasteiger partial charge in [-0.3, -0.25) is 0 Å². The van der Waals surface area contributed by atoms with Crippen LogP contribution in [0.1, 0.15) is 12.1 Å². The largest absolute Gasteiger partial charge is 0.434 e. The third kappa shape index (κ3) is 2.23. The maximum Gasteiger partial charge on any atom is 0.434 e. The highest BCUT2D eigenvalue weighted by atomic mass is 32.1. The standard InChI is InChI=1S/C8H10F3N3S/c9-8(10,11)6-4-15-7(13-6)14-2-1-5(12)3-14/h4-5H,1-3,12H2.